The zero-order valence-corrected chi connectivity index (χ0v) is 7.46. The van der Waals surface area contributed by atoms with Crippen LogP contribution in [0.4, 0.5) is 14.5 Å². The Morgan fingerprint density at radius 3 is 2.64 bits per heavy atom. The zero-order chi connectivity index (χ0) is 10.6. The van der Waals surface area contributed by atoms with Crippen LogP contribution in [0.5, 0.6) is 11.5 Å². The average Bonchev–Trinajstić information content (AvgIpc) is 2.16. The lowest BCUT2D eigenvalue weighted by atomic mass is 10.3. The minimum atomic E-state index is -2.89. The predicted molar refractivity (Wildman–Crippen MR) is 47.4 cm³/mol. The lowest BCUT2D eigenvalue weighted by molar-refractivity contribution is -0.0511. The Balaban J connectivity index is 3.02. The number of ether oxygens (including phenoxy) is 2. The predicted octanol–water partition coefficient (Wildman–Crippen LogP) is 1.58. The van der Waals surface area contributed by atoms with Crippen LogP contribution in [0.15, 0.2) is 18.2 Å². The molecule has 1 rings (SSSR count). The molecule has 4 nitrogen and oxygen atoms in total. The summed E-state index contributed by atoms with van der Waals surface area (Å²) in [5.74, 6) is 5.24. The first-order chi connectivity index (χ1) is 6.69. The molecule has 0 aliphatic rings. The monoisotopic (exact) mass is 204 g/mol. The number of hydrazine groups is 1. The van der Waals surface area contributed by atoms with Gasteiger partial charge in [0.2, 0.25) is 0 Å². The summed E-state index contributed by atoms with van der Waals surface area (Å²) in [7, 11) is 1.34. The van der Waals surface area contributed by atoms with Gasteiger partial charge in [-0.25, -0.2) is 0 Å². The van der Waals surface area contributed by atoms with E-state index in [4.69, 9.17) is 10.6 Å². The van der Waals surface area contributed by atoms with Gasteiger partial charge in [0.05, 0.1) is 12.8 Å². The van der Waals surface area contributed by atoms with Gasteiger partial charge in [-0.05, 0) is 12.1 Å². The lowest BCUT2D eigenvalue weighted by Crippen LogP contribution is -2.10. The first-order valence-corrected chi connectivity index (χ1v) is 3.77. The van der Waals surface area contributed by atoms with Crippen LogP contribution in [-0.2, 0) is 0 Å². The highest BCUT2D eigenvalue weighted by molar-refractivity contribution is 5.62. The van der Waals surface area contributed by atoms with Crippen LogP contribution in [0.3, 0.4) is 0 Å². The van der Waals surface area contributed by atoms with E-state index in [0.29, 0.717) is 5.69 Å². The molecule has 14 heavy (non-hydrogen) atoms. The van der Waals surface area contributed by atoms with Gasteiger partial charge in [0.25, 0.3) is 0 Å². The van der Waals surface area contributed by atoms with Gasteiger partial charge in [-0.2, -0.15) is 8.78 Å². The standard InChI is InChI=1S/C8H10F2N2O2/c1-13-7-5(12-11)3-2-4-6(7)14-8(9)10/h2-4,8,12H,11H2,1H3. The SMILES string of the molecule is COc1c(NN)cccc1OC(F)F. The van der Waals surface area contributed by atoms with Gasteiger partial charge < -0.3 is 14.9 Å². The molecule has 3 N–H and O–H groups in total. The Morgan fingerprint density at radius 1 is 1.43 bits per heavy atom. The highest BCUT2D eigenvalue weighted by Crippen LogP contribution is 2.35. The zero-order valence-electron chi connectivity index (χ0n) is 7.46. The second kappa shape index (κ2) is 4.61. The minimum Gasteiger partial charge on any atom is -0.491 e. The van der Waals surface area contributed by atoms with Crippen LogP contribution in [0.25, 0.3) is 0 Å². The topological polar surface area (TPSA) is 56.5 Å². The molecule has 78 valence electrons. The van der Waals surface area contributed by atoms with Crippen LogP contribution in [0.1, 0.15) is 0 Å². The molecule has 0 atom stereocenters. The Labute approximate surface area is 79.6 Å². The maximum atomic E-state index is 11.9. The van der Waals surface area contributed by atoms with Gasteiger partial charge in [-0.15, -0.1) is 0 Å². The van der Waals surface area contributed by atoms with Gasteiger partial charge >= 0.3 is 6.61 Å². The van der Waals surface area contributed by atoms with Crippen molar-refractivity contribution in [1.29, 1.82) is 0 Å². The second-order valence-corrected chi connectivity index (χ2v) is 2.36. The number of methoxy groups -OCH3 is 1. The van der Waals surface area contributed by atoms with E-state index in [9.17, 15) is 8.78 Å². The summed E-state index contributed by atoms with van der Waals surface area (Å²) in [5, 5.41) is 0. The molecule has 0 spiro atoms. The molecule has 6 heteroatoms. The van der Waals surface area contributed by atoms with Gasteiger partial charge in [-0.1, -0.05) is 6.07 Å². The summed E-state index contributed by atoms with van der Waals surface area (Å²) in [6, 6.07) is 4.47. The van der Waals surface area contributed by atoms with Crippen molar-refractivity contribution in [2.75, 3.05) is 12.5 Å². The van der Waals surface area contributed by atoms with E-state index >= 15 is 0 Å². The number of nitrogen functional groups attached to an aromatic ring is 1. The highest BCUT2D eigenvalue weighted by atomic mass is 19.3. The molecule has 0 saturated carbocycles. The number of hydrogen-bond donors (Lipinski definition) is 2. The molecule has 0 radical (unpaired) electrons. The van der Waals surface area contributed by atoms with Crippen molar-refractivity contribution in [2.24, 2.45) is 5.84 Å². The van der Waals surface area contributed by atoms with Crippen molar-refractivity contribution in [3.8, 4) is 11.5 Å². The highest BCUT2D eigenvalue weighted by Gasteiger charge is 2.12. The van der Waals surface area contributed by atoms with Gasteiger partial charge in [0.1, 0.15) is 0 Å². The molecule has 0 aliphatic heterocycles. The third kappa shape index (κ3) is 2.23. The number of nitrogens with one attached hydrogen (secondary N) is 1. The number of para-hydroxylation sites is 1. The molecule has 0 amide bonds. The number of anilines is 1. The first-order valence-electron chi connectivity index (χ1n) is 3.77. The molecule has 0 aliphatic carbocycles. The summed E-state index contributed by atoms with van der Waals surface area (Å²) in [6.07, 6.45) is 0. The third-order valence-corrected chi connectivity index (χ3v) is 1.55. The average molecular weight is 204 g/mol. The van der Waals surface area contributed by atoms with Crippen LogP contribution in [-0.4, -0.2) is 13.7 Å². The molecule has 0 saturated heterocycles. The molecule has 0 aromatic heterocycles. The largest absolute Gasteiger partial charge is 0.491 e. The molecule has 0 bridgehead atoms. The van der Waals surface area contributed by atoms with Gasteiger partial charge in [0.15, 0.2) is 11.5 Å². The second-order valence-electron chi connectivity index (χ2n) is 2.36. The van der Waals surface area contributed by atoms with E-state index in [-0.39, 0.29) is 11.5 Å². The van der Waals surface area contributed by atoms with E-state index in [0.717, 1.165) is 0 Å². The third-order valence-electron chi connectivity index (χ3n) is 1.55. The van der Waals surface area contributed by atoms with Crippen LogP contribution in [0, 0.1) is 0 Å². The van der Waals surface area contributed by atoms with E-state index in [2.05, 4.69) is 10.2 Å². The number of rotatable bonds is 4. The maximum Gasteiger partial charge on any atom is 0.387 e. The Kier molecular flexibility index (Phi) is 3.47. The Hall–Kier alpha value is -1.56. The molecule has 1 aromatic rings. The number of alkyl halides is 2. The molecular weight excluding hydrogens is 194 g/mol. The molecule has 1 aromatic carbocycles. The van der Waals surface area contributed by atoms with Crippen LogP contribution >= 0.6 is 0 Å². The Morgan fingerprint density at radius 2 is 2.14 bits per heavy atom. The van der Waals surface area contributed by atoms with E-state index in [1.165, 1.54) is 19.2 Å². The molecular formula is C8H10F2N2O2. The smallest absolute Gasteiger partial charge is 0.387 e. The fraction of sp³-hybridized carbons (Fsp3) is 0.250. The fourth-order valence-electron chi connectivity index (χ4n) is 1.03. The van der Waals surface area contributed by atoms with Crippen molar-refractivity contribution in [3.63, 3.8) is 0 Å². The van der Waals surface area contributed by atoms with Crippen molar-refractivity contribution in [1.82, 2.24) is 0 Å². The number of hydrogen-bond acceptors (Lipinski definition) is 4. The summed E-state index contributed by atoms with van der Waals surface area (Å²) < 4.78 is 33.0. The van der Waals surface area contributed by atoms with Crippen LogP contribution < -0.4 is 20.7 Å². The maximum absolute atomic E-state index is 11.9. The van der Waals surface area contributed by atoms with E-state index < -0.39 is 6.61 Å². The van der Waals surface area contributed by atoms with Crippen LogP contribution in [0.2, 0.25) is 0 Å². The quantitative estimate of drug-likeness (QED) is 0.577. The number of nitrogens with two attached hydrogens (primary N) is 1. The normalized spacial score (nSPS) is 10.1. The number of halogens is 2. The van der Waals surface area contributed by atoms with Gasteiger partial charge in [0, 0.05) is 0 Å². The van der Waals surface area contributed by atoms with Crippen molar-refractivity contribution in [3.05, 3.63) is 18.2 Å². The van der Waals surface area contributed by atoms with Crippen molar-refractivity contribution >= 4 is 5.69 Å². The Bertz CT molecular complexity index is 307. The summed E-state index contributed by atoms with van der Waals surface area (Å²) in [5.41, 5.74) is 2.69. The fourth-order valence-corrected chi connectivity index (χ4v) is 1.03. The lowest BCUT2D eigenvalue weighted by Gasteiger charge is -2.12. The summed E-state index contributed by atoms with van der Waals surface area (Å²) >= 11 is 0. The molecule has 0 unspecified atom stereocenters. The molecule has 0 heterocycles. The minimum absolute atomic E-state index is 0.0575. The first kappa shape index (κ1) is 10.5. The van der Waals surface area contributed by atoms with Crippen molar-refractivity contribution < 1.29 is 18.3 Å². The summed E-state index contributed by atoms with van der Waals surface area (Å²) in [4.78, 5) is 0. The van der Waals surface area contributed by atoms with E-state index in [1.807, 2.05) is 0 Å². The summed E-state index contributed by atoms with van der Waals surface area (Å²) in [6.45, 7) is -2.89. The van der Waals surface area contributed by atoms with Gasteiger partial charge in [-0.3, -0.25) is 5.84 Å². The van der Waals surface area contributed by atoms with E-state index in [1.54, 1.807) is 6.07 Å². The number of benzene rings is 1. The molecule has 0 fully saturated rings. The van der Waals surface area contributed by atoms with Crippen molar-refractivity contribution in [2.45, 2.75) is 6.61 Å².